The lowest BCUT2D eigenvalue weighted by molar-refractivity contribution is -0.137. The van der Waals surface area contributed by atoms with Gasteiger partial charge in [-0.15, -0.1) is 0 Å². The Hall–Kier alpha value is -2.54. The van der Waals surface area contributed by atoms with Gasteiger partial charge in [-0.05, 0) is 25.1 Å². The van der Waals surface area contributed by atoms with Crippen LogP contribution >= 0.6 is 11.3 Å². The fourth-order valence-corrected chi connectivity index (χ4v) is 3.06. The van der Waals surface area contributed by atoms with Gasteiger partial charge in [0, 0.05) is 17.3 Å². The fourth-order valence-electron chi connectivity index (χ4n) is 2.14. The van der Waals surface area contributed by atoms with E-state index in [2.05, 4.69) is 9.98 Å². The van der Waals surface area contributed by atoms with E-state index in [0.29, 0.717) is 26.8 Å². The number of benzene rings is 2. The average Bonchev–Trinajstić information content (AvgIpc) is 2.94. The first-order chi connectivity index (χ1) is 11.8. The highest BCUT2D eigenvalue weighted by Gasteiger charge is 2.30. The van der Waals surface area contributed by atoms with E-state index in [4.69, 9.17) is 0 Å². The molecular weight excluding hydrogens is 352 g/mol. The van der Waals surface area contributed by atoms with Crippen LogP contribution in [-0.4, -0.2) is 11.2 Å². The molecule has 0 aliphatic rings. The number of halogens is 4. The summed E-state index contributed by atoms with van der Waals surface area (Å²) in [6.07, 6.45) is -2.96. The fraction of sp³-hybridized carbons (Fsp3) is 0.111. The number of rotatable bonds is 3. The van der Waals surface area contributed by atoms with Crippen LogP contribution in [0.2, 0.25) is 0 Å². The summed E-state index contributed by atoms with van der Waals surface area (Å²) in [5.74, 6) is -0.378. The maximum Gasteiger partial charge on any atom is 0.416 e. The number of aliphatic imine (C=N–C) groups is 1. The van der Waals surface area contributed by atoms with Crippen molar-refractivity contribution in [3.8, 4) is 10.6 Å². The van der Waals surface area contributed by atoms with Crippen LogP contribution in [0.3, 0.4) is 0 Å². The molecule has 0 aliphatic carbocycles. The molecule has 0 bridgehead atoms. The Morgan fingerprint density at radius 2 is 1.72 bits per heavy atom. The van der Waals surface area contributed by atoms with E-state index >= 15 is 0 Å². The number of aryl methyl sites for hydroxylation is 1. The molecule has 2 nitrogen and oxygen atoms in total. The predicted octanol–water partition coefficient (Wildman–Crippen LogP) is 6.03. The molecule has 1 aromatic heterocycles. The molecule has 0 N–H and O–H groups in total. The van der Waals surface area contributed by atoms with Gasteiger partial charge in [0.15, 0.2) is 0 Å². The quantitative estimate of drug-likeness (QED) is 0.412. The zero-order valence-corrected chi connectivity index (χ0v) is 13.8. The Kier molecular flexibility index (Phi) is 4.67. The van der Waals surface area contributed by atoms with Crippen LogP contribution in [-0.2, 0) is 6.18 Å². The molecule has 3 aromatic rings. The molecule has 7 heteroatoms. The summed E-state index contributed by atoms with van der Waals surface area (Å²) < 4.78 is 51.5. The van der Waals surface area contributed by atoms with Crippen molar-refractivity contribution in [2.24, 2.45) is 4.99 Å². The highest BCUT2D eigenvalue weighted by Crippen LogP contribution is 2.35. The monoisotopic (exact) mass is 364 g/mol. The number of aromatic nitrogens is 1. The van der Waals surface area contributed by atoms with Crippen LogP contribution in [0.25, 0.3) is 10.6 Å². The summed E-state index contributed by atoms with van der Waals surface area (Å²) in [5.41, 5.74) is 0.856. The van der Waals surface area contributed by atoms with Gasteiger partial charge in [0.1, 0.15) is 15.8 Å². The van der Waals surface area contributed by atoms with Crippen molar-refractivity contribution >= 4 is 22.6 Å². The van der Waals surface area contributed by atoms with Gasteiger partial charge in [-0.25, -0.2) is 14.4 Å². The Labute approximate surface area is 145 Å². The van der Waals surface area contributed by atoms with Crippen molar-refractivity contribution in [2.45, 2.75) is 13.1 Å². The van der Waals surface area contributed by atoms with Crippen molar-refractivity contribution in [3.63, 3.8) is 0 Å². The zero-order valence-electron chi connectivity index (χ0n) is 13.0. The van der Waals surface area contributed by atoms with Crippen LogP contribution < -0.4 is 0 Å². The SMILES string of the molecule is Cc1nc(-c2ccc(C(F)(F)F)cc2)sc1/N=C/c1ccccc1F. The van der Waals surface area contributed by atoms with Gasteiger partial charge in [-0.1, -0.05) is 41.7 Å². The summed E-state index contributed by atoms with van der Waals surface area (Å²) in [5, 5.41) is 1.14. The highest BCUT2D eigenvalue weighted by atomic mass is 32.1. The number of hydrogen-bond acceptors (Lipinski definition) is 3. The maximum atomic E-state index is 13.6. The molecule has 0 aliphatic heterocycles. The lowest BCUT2D eigenvalue weighted by atomic mass is 10.1. The predicted molar refractivity (Wildman–Crippen MR) is 90.9 cm³/mol. The molecule has 25 heavy (non-hydrogen) atoms. The highest BCUT2D eigenvalue weighted by molar-refractivity contribution is 7.18. The van der Waals surface area contributed by atoms with E-state index in [1.54, 1.807) is 25.1 Å². The minimum atomic E-state index is -4.37. The summed E-state index contributed by atoms with van der Waals surface area (Å²) in [7, 11) is 0. The van der Waals surface area contributed by atoms with E-state index in [9.17, 15) is 17.6 Å². The zero-order chi connectivity index (χ0) is 18.0. The number of thiazole rings is 1. The number of nitrogens with zero attached hydrogens (tertiary/aromatic N) is 2. The van der Waals surface area contributed by atoms with Crippen LogP contribution in [0.15, 0.2) is 53.5 Å². The topological polar surface area (TPSA) is 25.2 Å². The van der Waals surface area contributed by atoms with Gasteiger partial charge in [0.25, 0.3) is 0 Å². The molecule has 0 saturated heterocycles. The molecule has 2 aromatic carbocycles. The average molecular weight is 364 g/mol. The molecule has 128 valence electrons. The second kappa shape index (κ2) is 6.76. The summed E-state index contributed by atoms with van der Waals surface area (Å²) in [6, 6.07) is 11.0. The molecule has 0 radical (unpaired) electrons. The Morgan fingerprint density at radius 3 is 2.36 bits per heavy atom. The van der Waals surface area contributed by atoms with Crippen molar-refractivity contribution in [1.82, 2.24) is 4.98 Å². The molecule has 0 atom stereocenters. The van der Waals surface area contributed by atoms with E-state index < -0.39 is 11.7 Å². The summed E-state index contributed by atoms with van der Waals surface area (Å²) in [6.45, 7) is 1.75. The van der Waals surface area contributed by atoms with Crippen molar-refractivity contribution in [3.05, 3.63) is 71.2 Å². The molecular formula is C18H12F4N2S. The Morgan fingerprint density at radius 1 is 1.04 bits per heavy atom. The molecule has 1 heterocycles. The first kappa shape index (κ1) is 17.3. The first-order valence-corrected chi connectivity index (χ1v) is 8.10. The number of alkyl halides is 3. The van der Waals surface area contributed by atoms with Gasteiger partial charge in [-0.3, -0.25) is 0 Å². The van der Waals surface area contributed by atoms with Crippen LogP contribution in [0.5, 0.6) is 0 Å². The lowest BCUT2D eigenvalue weighted by Gasteiger charge is -2.06. The van der Waals surface area contributed by atoms with Gasteiger partial charge in [-0.2, -0.15) is 13.2 Å². The van der Waals surface area contributed by atoms with Crippen LogP contribution in [0.1, 0.15) is 16.8 Å². The van der Waals surface area contributed by atoms with E-state index in [0.717, 1.165) is 12.1 Å². The van der Waals surface area contributed by atoms with E-state index in [1.165, 1.54) is 35.8 Å². The van der Waals surface area contributed by atoms with Gasteiger partial charge in [0.2, 0.25) is 0 Å². The van der Waals surface area contributed by atoms with Gasteiger partial charge >= 0.3 is 6.18 Å². The molecule has 0 saturated carbocycles. The van der Waals surface area contributed by atoms with E-state index in [1.807, 2.05) is 0 Å². The summed E-state index contributed by atoms with van der Waals surface area (Å²) in [4.78, 5) is 8.59. The second-order valence-corrected chi connectivity index (χ2v) is 6.24. The molecule has 0 spiro atoms. The van der Waals surface area contributed by atoms with Crippen molar-refractivity contribution < 1.29 is 17.6 Å². The minimum absolute atomic E-state index is 0.353. The van der Waals surface area contributed by atoms with Crippen molar-refractivity contribution in [2.75, 3.05) is 0 Å². The molecule has 0 amide bonds. The third kappa shape index (κ3) is 3.93. The first-order valence-electron chi connectivity index (χ1n) is 7.28. The smallest absolute Gasteiger partial charge is 0.243 e. The van der Waals surface area contributed by atoms with Crippen molar-refractivity contribution in [1.29, 1.82) is 0 Å². The second-order valence-electron chi connectivity index (χ2n) is 5.26. The van der Waals surface area contributed by atoms with Crippen LogP contribution in [0.4, 0.5) is 22.6 Å². The third-order valence-corrected chi connectivity index (χ3v) is 4.57. The van der Waals surface area contributed by atoms with Crippen LogP contribution in [0, 0.1) is 12.7 Å². The minimum Gasteiger partial charge on any atom is -0.243 e. The Balaban J connectivity index is 1.86. The molecule has 0 unspecified atom stereocenters. The maximum absolute atomic E-state index is 13.6. The lowest BCUT2D eigenvalue weighted by Crippen LogP contribution is -2.03. The van der Waals surface area contributed by atoms with Gasteiger partial charge < -0.3 is 0 Å². The Bertz CT molecular complexity index is 912. The van der Waals surface area contributed by atoms with E-state index in [-0.39, 0.29) is 5.82 Å². The normalized spacial score (nSPS) is 12.0. The largest absolute Gasteiger partial charge is 0.416 e. The number of hydrogen-bond donors (Lipinski definition) is 0. The van der Waals surface area contributed by atoms with Gasteiger partial charge in [0.05, 0.1) is 11.3 Å². The molecule has 0 fully saturated rings. The standard InChI is InChI=1S/C18H12F4N2S/c1-11-16(23-10-13-4-2-3-5-15(13)19)25-17(24-11)12-6-8-14(9-7-12)18(20,21)22/h2-10H,1H3/b23-10+. The summed E-state index contributed by atoms with van der Waals surface area (Å²) >= 11 is 1.24. The molecule has 3 rings (SSSR count). The third-order valence-electron chi connectivity index (χ3n) is 3.46.